The highest BCUT2D eigenvalue weighted by Crippen LogP contribution is 2.42. The lowest BCUT2D eigenvalue weighted by Gasteiger charge is -2.36. The summed E-state index contributed by atoms with van der Waals surface area (Å²) in [5.74, 6) is 1.94. The number of guanidine groups is 1. The van der Waals surface area contributed by atoms with Crippen LogP contribution in [0.5, 0.6) is 0 Å². The molecule has 0 aromatic heterocycles. The van der Waals surface area contributed by atoms with Crippen molar-refractivity contribution in [2.24, 2.45) is 4.99 Å². The quantitative estimate of drug-likeness (QED) is 0.365. The number of aliphatic imine (C=N–C) groups is 1. The number of halogens is 1. The van der Waals surface area contributed by atoms with Crippen molar-refractivity contribution in [3.8, 4) is 0 Å². The Morgan fingerprint density at radius 1 is 1.07 bits per heavy atom. The predicted octanol–water partition coefficient (Wildman–Crippen LogP) is 2.67. The molecule has 2 unspecified atom stereocenters. The highest BCUT2D eigenvalue weighted by atomic mass is 127. The molecular formula is C23H36IN5O. The molecule has 1 saturated carbocycles. The number of carbonyl (C=O) groups is 1. The highest BCUT2D eigenvalue weighted by Gasteiger charge is 2.40. The van der Waals surface area contributed by atoms with Crippen LogP contribution < -0.4 is 5.32 Å². The zero-order valence-electron chi connectivity index (χ0n) is 18.3. The summed E-state index contributed by atoms with van der Waals surface area (Å²) in [6.45, 7) is 11.3. The topological polar surface area (TPSA) is 51.2 Å². The first-order chi connectivity index (χ1) is 14.2. The molecule has 1 aromatic rings. The summed E-state index contributed by atoms with van der Waals surface area (Å²) in [6.07, 6.45) is 3.50. The monoisotopic (exact) mass is 525 g/mol. The SMILES string of the molecule is CCN=C(NC1CC1c1ccccc1C)N1CCN(CC(=O)N2CCCC2)CC1.I. The molecule has 3 fully saturated rings. The molecule has 3 aliphatic rings. The summed E-state index contributed by atoms with van der Waals surface area (Å²) in [6, 6.07) is 9.20. The van der Waals surface area contributed by atoms with Crippen LogP contribution in [0, 0.1) is 6.92 Å². The van der Waals surface area contributed by atoms with Gasteiger partial charge < -0.3 is 15.1 Å². The van der Waals surface area contributed by atoms with E-state index in [0.29, 0.717) is 24.4 Å². The molecule has 6 nitrogen and oxygen atoms in total. The second-order valence-electron chi connectivity index (χ2n) is 8.60. The minimum absolute atomic E-state index is 0. The summed E-state index contributed by atoms with van der Waals surface area (Å²) in [5, 5.41) is 3.72. The summed E-state index contributed by atoms with van der Waals surface area (Å²) >= 11 is 0. The van der Waals surface area contributed by atoms with Gasteiger partial charge >= 0.3 is 0 Å². The summed E-state index contributed by atoms with van der Waals surface area (Å²) in [5.41, 5.74) is 2.85. The molecule has 2 atom stereocenters. The predicted molar refractivity (Wildman–Crippen MR) is 133 cm³/mol. The average molecular weight is 525 g/mol. The van der Waals surface area contributed by atoms with Crippen LogP contribution in [-0.2, 0) is 4.79 Å². The first-order valence-electron chi connectivity index (χ1n) is 11.3. The largest absolute Gasteiger partial charge is 0.353 e. The van der Waals surface area contributed by atoms with Gasteiger partial charge in [-0.05, 0) is 44.2 Å². The van der Waals surface area contributed by atoms with Gasteiger partial charge in [0.2, 0.25) is 5.91 Å². The Bertz CT molecular complexity index is 741. The standard InChI is InChI=1S/C23H35N5O.HI/c1-3-24-23(25-21-16-20(21)19-9-5-4-8-18(19)2)28-14-12-26(13-15-28)17-22(29)27-10-6-7-11-27;/h4-5,8-9,20-21H,3,6-7,10-17H2,1-2H3,(H,24,25);1H. The molecule has 0 spiro atoms. The van der Waals surface area contributed by atoms with Crippen molar-refractivity contribution in [1.82, 2.24) is 20.0 Å². The van der Waals surface area contributed by atoms with E-state index in [1.165, 1.54) is 17.5 Å². The van der Waals surface area contributed by atoms with Crippen molar-refractivity contribution in [1.29, 1.82) is 0 Å². The van der Waals surface area contributed by atoms with Gasteiger partial charge in [-0.3, -0.25) is 14.7 Å². The lowest BCUT2D eigenvalue weighted by Crippen LogP contribution is -2.54. The molecule has 7 heteroatoms. The van der Waals surface area contributed by atoms with Gasteiger partial charge in [0.15, 0.2) is 5.96 Å². The second-order valence-corrected chi connectivity index (χ2v) is 8.60. The van der Waals surface area contributed by atoms with Gasteiger partial charge in [0, 0.05) is 57.8 Å². The Kier molecular flexibility index (Phi) is 8.39. The molecule has 166 valence electrons. The molecule has 0 bridgehead atoms. The van der Waals surface area contributed by atoms with Crippen LogP contribution in [0.1, 0.15) is 43.2 Å². The van der Waals surface area contributed by atoms with Gasteiger partial charge in [0.25, 0.3) is 0 Å². The van der Waals surface area contributed by atoms with Crippen LogP contribution in [0.3, 0.4) is 0 Å². The molecule has 1 amide bonds. The summed E-state index contributed by atoms with van der Waals surface area (Å²) in [7, 11) is 0. The van der Waals surface area contributed by atoms with E-state index in [0.717, 1.165) is 64.6 Å². The van der Waals surface area contributed by atoms with E-state index < -0.39 is 0 Å². The van der Waals surface area contributed by atoms with E-state index >= 15 is 0 Å². The van der Waals surface area contributed by atoms with E-state index in [1.54, 1.807) is 0 Å². The first kappa shape index (κ1) is 23.3. The first-order valence-corrected chi connectivity index (χ1v) is 11.3. The van der Waals surface area contributed by atoms with Crippen molar-refractivity contribution in [3.63, 3.8) is 0 Å². The van der Waals surface area contributed by atoms with Crippen molar-refractivity contribution in [2.75, 3.05) is 52.4 Å². The number of nitrogens with one attached hydrogen (secondary N) is 1. The Morgan fingerprint density at radius 3 is 2.43 bits per heavy atom. The van der Waals surface area contributed by atoms with Gasteiger partial charge in [0.1, 0.15) is 0 Å². The van der Waals surface area contributed by atoms with Crippen LogP contribution in [0.15, 0.2) is 29.3 Å². The number of likely N-dealkylation sites (tertiary alicyclic amines) is 1. The van der Waals surface area contributed by atoms with E-state index in [4.69, 9.17) is 4.99 Å². The molecule has 2 saturated heterocycles. The van der Waals surface area contributed by atoms with E-state index in [2.05, 4.69) is 53.2 Å². The smallest absolute Gasteiger partial charge is 0.236 e. The van der Waals surface area contributed by atoms with E-state index in [1.807, 2.05) is 4.90 Å². The molecule has 1 N–H and O–H groups in total. The van der Waals surface area contributed by atoms with Crippen LogP contribution in [0.2, 0.25) is 0 Å². The van der Waals surface area contributed by atoms with Crippen molar-refractivity contribution in [2.45, 2.75) is 45.1 Å². The zero-order valence-corrected chi connectivity index (χ0v) is 20.7. The number of hydrogen-bond donors (Lipinski definition) is 1. The maximum atomic E-state index is 12.4. The molecule has 2 aliphatic heterocycles. The fourth-order valence-electron chi connectivity index (χ4n) is 4.63. The Hall–Kier alpha value is -1.35. The number of aryl methyl sites for hydroxylation is 1. The number of piperazine rings is 1. The third kappa shape index (κ3) is 5.66. The van der Waals surface area contributed by atoms with Gasteiger partial charge in [-0.15, -0.1) is 24.0 Å². The molecule has 4 rings (SSSR count). The van der Waals surface area contributed by atoms with Gasteiger partial charge in [-0.25, -0.2) is 0 Å². The minimum atomic E-state index is 0. The Morgan fingerprint density at radius 2 is 1.77 bits per heavy atom. The lowest BCUT2D eigenvalue weighted by molar-refractivity contribution is -0.131. The normalized spacial score (nSPS) is 24.5. The zero-order chi connectivity index (χ0) is 20.2. The van der Waals surface area contributed by atoms with Crippen molar-refractivity contribution in [3.05, 3.63) is 35.4 Å². The molecular weight excluding hydrogens is 489 g/mol. The molecule has 1 aromatic carbocycles. The van der Waals surface area contributed by atoms with Crippen molar-refractivity contribution < 1.29 is 4.79 Å². The fourth-order valence-corrected chi connectivity index (χ4v) is 4.63. The Balaban J connectivity index is 0.00000256. The third-order valence-electron chi connectivity index (χ3n) is 6.49. The number of amides is 1. The summed E-state index contributed by atoms with van der Waals surface area (Å²) in [4.78, 5) is 23.9. The number of carbonyl (C=O) groups excluding carboxylic acids is 1. The number of rotatable bonds is 5. The number of hydrogen-bond acceptors (Lipinski definition) is 3. The van der Waals surface area contributed by atoms with Gasteiger partial charge in [-0.1, -0.05) is 24.3 Å². The van der Waals surface area contributed by atoms with Gasteiger partial charge in [-0.2, -0.15) is 0 Å². The van der Waals surface area contributed by atoms with Crippen LogP contribution in [0.25, 0.3) is 0 Å². The fraction of sp³-hybridized carbons (Fsp3) is 0.652. The third-order valence-corrected chi connectivity index (χ3v) is 6.49. The number of benzene rings is 1. The maximum Gasteiger partial charge on any atom is 0.236 e. The second kappa shape index (κ2) is 10.8. The van der Waals surface area contributed by atoms with E-state index in [-0.39, 0.29) is 24.0 Å². The van der Waals surface area contributed by atoms with Crippen LogP contribution in [-0.4, -0.2) is 85.0 Å². The van der Waals surface area contributed by atoms with Crippen molar-refractivity contribution >= 4 is 35.8 Å². The molecule has 30 heavy (non-hydrogen) atoms. The van der Waals surface area contributed by atoms with Crippen LogP contribution >= 0.6 is 24.0 Å². The molecule has 2 heterocycles. The summed E-state index contributed by atoms with van der Waals surface area (Å²) < 4.78 is 0. The number of nitrogens with zero attached hydrogens (tertiary/aromatic N) is 4. The molecule has 1 aliphatic carbocycles. The van der Waals surface area contributed by atoms with Crippen LogP contribution in [0.4, 0.5) is 0 Å². The van der Waals surface area contributed by atoms with E-state index in [9.17, 15) is 4.79 Å². The highest BCUT2D eigenvalue weighted by molar-refractivity contribution is 14.0. The maximum absolute atomic E-state index is 12.4. The Labute approximate surface area is 198 Å². The average Bonchev–Trinajstić information content (AvgIpc) is 3.25. The lowest BCUT2D eigenvalue weighted by atomic mass is 10.0. The molecule has 0 radical (unpaired) electrons. The van der Waals surface area contributed by atoms with Gasteiger partial charge in [0.05, 0.1) is 6.54 Å². The minimum Gasteiger partial charge on any atom is -0.353 e.